The molecule has 1 aliphatic rings. The van der Waals surface area contributed by atoms with Crippen LogP contribution in [0.25, 0.3) is 10.9 Å². The van der Waals surface area contributed by atoms with Crippen molar-refractivity contribution in [2.75, 3.05) is 7.11 Å². The van der Waals surface area contributed by atoms with Gasteiger partial charge < -0.3 is 9.72 Å². The summed E-state index contributed by atoms with van der Waals surface area (Å²) >= 11 is 0. The number of aromatic nitrogens is 1. The van der Waals surface area contributed by atoms with E-state index >= 15 is 0 Å². The number of aromatic amines is 1. The van der Waals surface area contributed by atoms with Gasteiger partial charge in [-0.2, -0.15) is 0 Å². The van der Waals surface area contributed by atoms with Gasteiger partial charge >= 0.3 is 0 Å². The fourth-order valence-electron chi connectivity index (χ4n) is 3.86. The number of unbranched alkanes of at least 4 members (excludes halogenated alkanes) is 1. The average molecular weight is 299 g/mol. The van der Waals surface area contributed by atoms with Crippen LogP contribution in [0.4, 0.5) is 0 Å². The van der Waals surface area contributed by atoms with Crippen LogP contribution in [0.5, 0.6) is 5.75 Å². The first-order valence-corrected chi connectivity index (χ1v) is 8.90. The van der Waals surface area contributed by atoms with E-state index in [4.69, 9.17) is 4.74 Å². The molecule has 0 amide bonds. The van der Waals surface area contributed by atoms with E-state index in [1.165, 1.54) is 67.8 Å². The molecule has 0 spiro atoms. The molecule has 120 valence electrons. The van der Waals surface area contributed by atoms with Crippen molar-refractivity contribution in [3.05, 3.63) is 30.0 Å². The number of methoxy groups -OCH3 is 1. The van der Waals surface area contributed by atoms with Crippen LogP contribution >= 0.6 is 0 Å². The number of nitrogens with one attached hydrogen (secondary N) is 1. The molecular formula is C20H29NO. The molecule has 1 aromatic carbocycles. The van der Waals surface area contributed by atoms with Crippen molar-refractivity contribution < 1.29 is 4.74 Å². The highest BCUT2D eigenvalue weighted by Gasteiger charge is 2.17. The summed E-state index contributed by atoms with van der Waals surface area (Å²) in [7, 11) is 1.73. The quantitative estimate of drug-likeness (QED) is 0.678. The molecule has 0 radical (unpaired) electrons. The van der Waals surface area contributed by atoms with Gasteiger partial charge in [-0.3, -0.25) is 0 Å². The van der Waals surface area contributed by atoms with E-state index in [1.807, 2.05) is 6.07 Å². The van der Waals surface area contributed by atoms with Crippen molar-refractivity contribution in [3.63, 3.8) is 0 Å². The topological polar surface area (TPSA) is 25.0 Å². The maximum Gasteiger partial charge on any atom is 0.119 e. The van der Waals surface area contributed by atoms with Crippen LogP contribution in [0.2, 0.25) is 0 Å². The highest BCUT2D eigenvalue weighted by molar-refractivity contribution is 5.84. The van der Waals surface area contributed by atoms with Gasteiger partial charge in [0, 0.05) is 17.1 Å². The highest BCUT2D eigenvalue weighted by Crippen LogP contribution is 2.32. The number of hydrogen-bond donors (Lipinski definition) is 1. The van der Waals surface area contributed by atoms with Crippen molar-refractivity contribution in [2.24, 2.45) is 11.8 Å². The molecule has 2 nitrogen and oxygen atoms in total. The molecule has 3 rings (SSSR count). The third kappa shape index (κ3) is 3.66. The zero-order chi connectivity index (χ0) is 15.4. The lowest BCUT2D eigenvalue weighted by Gasteiger charge is -2.25. The van der Waals surface area contributed by atoms with Crippen LogP contribution in [0, 0.1) is 11.8 Å². The molecule has 2 aromatic rings. The number of rotatable bonds is 6. The zero-order valence-electron chi connectivity index (χ0n) is 14.0. The van der Waals surface area contributed by atoms with E-state index in [2.05, 4.69) is 30.2 Å². The van der Waals surface area contributed by atoms with Crippen molar-refractivity contribution in [2.45, 2.75) is 58.3 Å². The van der Waals surface area contributed by atoms with Crippen molar-refractivity contribution in [3.8, 4) is 5.75 Å². The van der Waals surface area contributed by atoms with E-state index in [1.54, 1.807) is 7.11 Å². The molecule has 0 aliphatic heterocycles. The number of fused-ring (bicyclic) bond motifs is 1. The minimum absolute atomic E-state index is 0.949. The molecule has 1 aromatic heterocycles. The molecule has 22 heavy (non-hydrogen) atoms. The molecule has 1 heterocycles. The van der Waals surface area contributed by atoms with Crippen LogP contribution in [0.3, 0.4) is 0 Å². The van der Waals surface area contributed by atoms with Gasteiger partial charge in [-0.15, -0.1) is 0 Å². The number of aryl methyl sites for hydroxylation is 1. The van der Waals surface area contributed by atoms with Crippen molar-refractivity contribution in [1.82, 2.24) is 4.98 Å². The van der Waals surface area contributed by atoms with Crippen LogP contribution in [0.15, 0.2) is 24.4 Å². The predicted octanol–water partition coefficient (Wildman–Crippen LogP) is 5.72. The first-order chi connectivity index (χ1) is 10.8. The third-order valence-electron chi connectivity index (χ3n) is 5.42. The van der Waals surface area contributed by atoms with Crippen LogP contribution in [-0.2, 0) is 6.42 Å². The molecule has 2 heteroatoms. The normalized spacial score (nSPS) is 22.1. The monoisotopic (exact) mass is 299 g/mol. The average Bonchev–Trinajstić information content (AvgIpc) is 2.95. The Kier molecular flexibility index (Phi) is 5.07. The van der Waals surface area contributed by atoms with Crippen molar-refractivity contribution in [1.29, 1.82) is 0 Å². The highest BCUT2D eigenvalue weighted by atomic mass is 16.5. The summed E-state index contributed by atoms with van der Waals surface area (Å²) in [5.74, 6) is 2.92. The van der Waals surface area contributed by atoms with E-state index in [-0.39, 0.29) is 0 Å². The minimum Gasteiger partial charge on any atom is -0.497 e. The second kappa shape index (κ2) is 7.21. The fourth-order valence-corrected chi connectivity index (χ4v) is 3.86. The molecule has 1 fully saturated rings. The first kappa shape index (κ1) is 15.5. The maximum atomic E-state index is 5.35. The summed E-state index contributed by atoms with van der Waals surface area (Å²) < 4.78 is 5.35. The second-order valence-electron chi connectivity index (χ2n) is 7.10. The fraction of sp³-hybridized carbons (Fsp3) is 0.600. The Labute approximate surface area is 134 Å². The van der Waals surface area contributed by atoms with Gasteiger partial charge in [-0.25, -0.2) is 0 Å². The van der Waals surface area contributed by atoms with Gasteiger partial charge in [0.1, 0.15) is 5.75 Å². The summed E-state index contributed by atoms with van der Waals surface area (Å²) in [6.07, 6.45) is 13.3. The van der Waals surface area contributed by atoms with Crippen LogP contribution < -0.4 is 4.74 Å². The molecule has 0 unspecified atom stereocenters. The summed E-state index contributed by atoms with van der Waals surface area (Å²) in [6, 6.07) is 6.29. The van der Waals surface area contributed by atoms with Gasteiger partial charge in [0.25, 0.3) is 0 Å². The Hall–Kier alpha value is -1.44. The summed E-state index contributed by atoms with van der Waals surface area (Å²) in [5.41, 5.74) is 2.66. The minimum atomic E-state index is 0.949. The number of ether oxygens (including phenoxy) is 1. The van der Waals surface area contributed by atoms with Gasteiger partial charge in [-0.05, 0) is 48.4 Å². The lowest BCUT2D eigenvalue weighted by atomic mass is 9.80. The van der Waals surface area contributed by atoms with Crippen LogP contribution in [0.1, 0.15) is 57.4 Å². The summed E-state index contributed by atoms with van der Waals surface area (Å²) in [4.78, 5) is 3.38. The Balaban J connectivity index is 1.49. The van der Waals surface area contributed by atoms with Crippen molar-refractivity contribution >= 4 is 10.9 Å². The maximum absolute atomic E-state index is 5.35. The van der Waals surface area contributed by atoms with E-state index in [0.717, 1.165) is 17.6 Å². The smallest absolute Gasteiger partial charge is 0.119 e. The molecular weight excluding hydrogens is 270 g/mol. The Morgan fingerprint density at radius 3 is 2.73 bits per heavy atom. The first-order valence-electron chi connectivity index (χ1n) is 8.90. The van der Waals surface area contributed by atoms with Gasteiger partial charge in [-0.1, -0.05) is 45.4 Å². The van der Waals surface area contributed by atoms with Crippen LogP contribution in [-0.4, -0.2) is 12.1 Å². The lowest BCUT2D eigenvalue weighted by Crippen LogP contribution is -2.12. The predicted molar refractivity (Wildman–Crippen MR) is 93.5 cm³/mol. The third-order valence-corrected chi connectivity index (χ3v) is 5.42. The Bertz CT molecular complexity index is 593. The Morgan fingerprint density at radius 1 is 1.14 bits per heavy atom. The molecule has 0 bridgehead atoms. The number of benzene rings is 1. The molecule has 1 N–H and O–H groups in total. The molecule has 1 saturated carbocycles. The number of H-pyrrole nitrogens is 1. The second-order valence-corrected chi connectivity index (χ2v) is 7.10. The van der Waals surface area contributed by atoms with E-state index in [0.29, 0.717) is 0 Å². The SMILES string of the molecule is COc1ccc2[nH]cc(CCCCC3CCC(C)CC3)c2c1. The molecule has 1 aliphatic carbocycles. The van der Waals surface area contributed by atoms with Gasteiger partial charge in [0.15, 0.2) is 0 Å². The van der Waals surface area contributed by atoms with Gasteiger partial charge in [0.2, 0.25) is 0 Å². The summed E-state index contributed by atoms with van der Waals surface area (Å²) in [6.45, 7) is 2.40. The standard InChI is InChI=1S/C20H29NO/c1-15-7-9-16(10-8-15)5-3-4-6-17-14-21-20-12-11-18(22-2)13-19(17)20/h11-16,21H,3-10H2,1-2H3. The lowest BCUT2D eigenvalue weighted by molar-refractivity contribution is 0.272. The summed E-state index contributed by atoms with van der Waals surface area (Å²) in [5, 5.41) is 1.32. The van der Waals surface area contributed by atoms with Gasteiger partial charge in [0.05, 0.1) is 7.11 Å². The van der Waals surface area contributed by atoms with E-state index in [9.17, 15) is 0 Å². The zero-order valence-corrected chi connectivity index (χ0v) is 14.0. The molecule has 0 saturated heterocycles. The molecule has 0 atom stereocenters. The van der Waals surface area contributed by atoms with E-state index < -0.39 is 0 Å². The largest absolute Gasteiger partial charge is 0.497 e. The number of hydrogen-bond acceptors (Lipinski definition) is 1. The Morgan fingerprint density at radius 2 is 1.95 bits per heavy atom.